The molecule has 0 spiro atoms. The van der Waals surface area contributed by atoms with Crippen molar-refractivity contribution >= 4 is 15.8 Å². The monoisotopic (exact) mass is 261 g/mol. The highest BCUT2D eigenvalue weighted by Gasteiger charge is 2.49. The van der Waals surface area contributed by atoms with Gasteiger partial charge in [0, 0.05) is 0 Å². The Labute approximate surface area is 102 Å². The summed E-state index contributed by atoms with van der Waals surface area (Å²) in [7, 11) is -3.21. The van der Waals surface area contributed by atoms with E-state index in [-0.39, 0.29) is 11.5 Å². The maximum Gasteiger partial charge on any atom is 0.325 e. The maximum atomic E-state index is 11.7. The standard InChI is InChI=1S/C11H19NO4S/c13-10(14)11(12-6-2-1-3-7-12)5-4-8-17(15,16)9-11/h1-9H2,(H,13,14). The summed E-state index contributed by atoms with van der Waals surface area (Å²) in [5.41, 5.74) is -1.16. The van der Waals surface area contributed by atoms with Crippen molar-refractivity contribution in [3.8, 4) is 0 Å². The maximum absolute atomic E-state index is 11.7. The number of piperidine rings is 1. The Morgan fingerprint density at radius 3 is 2.29 bits per heavy atom. The molecule has 2 aliphatic heterocycles. The molecule has 17 heavy (non-hydrogen) atoms. The molecule has 1 N–H and O–H groups in total. The molecule has 2 saturated heterocycles. The predicted molar refractivity (Wildman–Crippen MR) is 63.7 cm³/mol. The summed E-state index contributed by atoms with van der Waals surface area (Å²) in [4.78, 5) is 13.4. The van der Waals surface area contributed by atoms with Crippen LogP contribution in [0.5, 0.6) is 0 Å². The van der Waals surface area contributed by atoms with Crippen LogP contribution >= 0.6 is 0 Å². The lowest BCUT2D eigenvalue weighted by atomic mass is 9.91. The molecule has 2 heterocycles. The number of nitrogens with zero attached hydrogens (tertiary/aromatic N) is 1. The Hall–Kier alpha value is -0.620. The van der Waals surface area contributed by atoms with Gasteiger partial charge in [-0.15, -0.1) is 0 Å². The molecule has 2 rings (SSSR count). The van der Waals surface area contributed by atoms with Gasteiger partial charge in [0.2, 0.25) is 0 Å². The lowest BCUT2D eigenvalue weighted by Gasteiger charge is -2.44. The molecule has 0 bridgehead atoms. The molecule has 2 aliphatic rings. The van der Waals surface area contributed by atoms with Crippen LogP contribution in [-0.4, -0.2) is 54.5 Å². The summed E-state index contributed by atoms with van der Waals surface area (Å²) < 4.78 is 23.4. The van der Waals surface area contributed by atoms with Gasteiger partial charge >= 0.3 is 5.97 Å². The zero-order chi connectivity index (χ0) is 12.5. The smallest absolute Gasteiger partial charge is 0.325 e. The SMILES string of the molecule is O=C(O)C1(N2CCCCC2)CCCS(=O)(=O)C1. The van der Waals surface area contributed by atoms with E-state index in [0.29, 0.717) is 25.9 Å². The van der Waals surface area contributed by atoms with Gasteiger partial charge in [0.1, 0.15) is 5.54 Å². The van der Waals surface area contributed by atoms with Crippen molar-refractivity contribution in [1.82, 2.24) is 4.90 Å². The van der Waals surface area contributed by atoms with Crippen LogP contribution in [0, 0.1) is 0 Å². The Kier molecular flexibility index (Phi) is 3.45. The number of carbonyl (C=O) groups is 1. The van der Waals surface area contributed by atoms with Crippen molar-refractivity contribution in [2.45, 2.75) is 37.6 Å². The van der Waals surface area contributed by atoms with Gasteiger partial charge in [0.05, 0.1) is 11.5 Å². The van der Waals surface area contributed by atoms with E-state index >= 15 is 0 Å². The minimum atomic E-state index is -3.21. The number of aliphatic carboxylic acids is 1. The molecule has 0 aromatic rings. The molecule has 0 amide bonds. The predicted octanol–water partition coefficient (Wildman–Crippen LogP) is 0.504. The van der Waals surface area contributed by atoms with E-state index in [1.807, 2.05) is 4.90 Å². The van der Waals surface area contributed by atoms with E-state index in [1.165, 1.54) is 0 Å². The number of carboxylic acids is 1. The van der Waals surface area contributed by atoms with Crippen LogP contribution in [0.25, 0.3) is 0 Å². The first-order valence-corrected chi connectivity index (χ1v) is 7.97. The third kappa shape index (κ3) is 2.47. The van der Waals surface area contributed by atoms with Crippen molar-refractivity contribution in [2.75, 3.05) is 24.6 Å². The molecular formula is C11H19NO4S. The van der Waals surface area contributed by atoms with E-state index in [9.17, 15) is 18.3 Å². The van der Waals surface area contributed by atoms with Crippen LogP contribution in [-0.2, 0) is 14.6 Å². The van der Waals surface area contributed by atoms with E-state index < -0.39 is 21.3 Å². The molecule has 98 valence electrons. The fourth-order valence-corrected chi connectivity index (χ4v) is 4.87. The van der Waals surface area contributed by atoms with Crippen molar-refractivity contribution in [2.24, 2.45) is 0 Å². The van der Waals surface area contributed by atoms with Crippen LogP contribution in [0.3, 0.4) is 0 Å². The van der Waals surface area contributed by atoms with E-state index in [4.69, 9.17) is 0 Å². The lowest BCUT2D eigenvalue weighted by Crippen LogP contribution is -2.62. The van der Waals surface area contributed by atoms with Crippen LogP contribution < -0.4 is 0 Å². The first kappa shape index (κ1) is 12.8. The van der Waals surface area contributed by atoms with E-state index in [2.05, 4.69) is 0 Å². The molecule has 0 saturated carbocycles. The minimum Gasteiger partial charge on any atom is -0.480 e. The molecule has 6 heteroatoms. The van der Waals surface area contributed by atoms with E-state index in [0.717, 1.165) is 19.3 Å². The topological polar surface area (TPSA) is 74.7 Å². The molecule has 2 fully saturated rings. The van der Waals surface area contributed by atoms with Crippen LogP contribution in [0.1, 0.15) is 32.1 Å². The zero-order valence-electron chi connectivity index (χ0n) is 9.89. The fraction of sp³-hybridized carbons (Fsp3) is 0.909. The molecule has 0 aromatic heterocycles. The summed E-state index contributed by atoms with van der Waals surface area (Å²) in [5, 5.41) is 9.47. The number of hydrogen-bond acceptors (Lipinski definition) is 4. The first-order chi connectivity index (χ1) is 7.96. The van der Waals surface area contributed by atoms with Crippen LogP contribution in [0.2, 0.25) is 0 Å². The van der Waals surface area contributed by atoms with E-state index in [1.54, 1.807) is 0 Å². The van der Waals surface area contributed by atoms with Crippen LogP contribution in [0.4, 0.5) is 0 Å². The van der Waals surface area contributed by atoms with Gasteiger partial charge in [0.25, 0.3) is 0 Å². The summed E-state index contributed by atoms with van der Waals surface area (Å²) in [6.07, 6.45) is 3.97. The normalized spacial score (nSPS) is 34.4. The average Bonchev–Trinajstić information content (AvgIpc) is 2.28. The van der Waals surface area contributed by atoms with Crippen molar-refractivity contribution < 1.29 is 18.3 Å². The molecule has 1 unspecified atom stereocenters. The third-order valence-corrected chi connectivity index (χ3v) is 5.69. The van der Waals surface area contributed by atoms with Gasteiger partial charge in [-0.1, -0.05) is 6.42 Å². The van der Waals surface area contributed by atoms with Gasteiger partial charge in [0.15, 0.2) is 9.84 Å². The molecule has 1 atom stereocenters. The summed E-state index contributed by atoms with van der Waals surface area (Å²) in [6.45, 7) is 1.42. The Balaban J connectivity index is 2.28. The molecule has 0 radical (unpaired) electrons. The van der Waals surface area contributed by atoms with Crippen LogP contribution in [0.15, 0.2) is 0 Å². The van der Waals surface area contributed by atoms with Crippen molar-refractivity contribution in [1.29, 1.82) is 0 Å². The second-order valence-corrected chi connectivity index (χ2v) is 7.26. The van der Waals surface area contributed by atoms with Gasteiger partial charge in [-0.3, -0.25) is 9.69 Å². The highest BCUT2D eigenvalue weighted by atomic mass is 32.2. The van der Waals surface area contributed by atoms with Gasteiger partial charge < -0.3 is 5.11 Å². The highest BCUT2D eigenvalue weighted by Crippen LogP contribution is 2.31. The quantitative estimate of drug-likeness (QED) is 0.783. The fourth-order valence-electron chi connectivity index (χ4n) is 2.97. The Bertz CT molecular complexity index is 400. The molecule has 5 nitrogen and oxygen atoms in total. The second-order valence-electron chi connectivity index (χ2n) is 5.08. The Morgan fingerprint density at radius 1 is 1.12 bits per heavy atom. The molecule has 0 aliphatic carbocycles. The number of sulfone groups is 1. The van der Waals surface area contributed by atoms with Crippen molar-refractivity contribution in [3.63, 3.8) is 0 Å². The number of carboxylic acid groups (broad SMARTS) is 1. The van der Waals surface area contributed by atoms with Gasteiger partial charge in [-0.05, 0) is 38.8 Å². The first-order valence-electron chi connectivity index (χ1n) is 6.15. The largest absolute Gasteiger partial charge is 0.480 e. The third-order valence-electron chi connectivity index (χ3n) is 3.86. The summed E-state index contributed by atoms with van der Waals surface area (Å²) in [6, 6.07) is 0. The van der Waals surface area contributed by atoms with Gasteiger partial charge in [-0.2, -0.15) is 0 Å². The summed E-state index contributed by atoms with van der Waals surface area (Å²) in [5.74, 6) is -1.05. The number of hydrogen-bond donors (Lipinski definition) is 1. The average molecular weight is 261 g/mol. The van der Waals surface area contributed by atoms with Crippen molar-refractivity contribution in [3.05, 3.63) is 0 Å². The highest BCUT2D eigenvalue weighted by molar-refractivity contribution is 7.91. The lowest BCUT2D eigenvalue weighted by molar-refractivity contribution is -0.151. The number of likely N-dealkylation sites (tertiary alicyclic amines) is 1. The van der Waals surface area contributed by atoms with Gasteiger partial charge in [-0.25, -0.2) is 8.42 Å². The Morgan fingerprint density at radius 2 is 1.76 bits per heavy atom. The number of rotatable bonds is 2. The zero-order valence-corrected chi connectivity index (χ0v) is 10.7. The summed E-state index contributed by atoms with van der Waals surface area (Å²) >= 11 is 0. The second kappa shape index (κ2) is 4.57. The minimum absolute atomic E-state index is 0.135. The molecule has 0 aromatic carbocycles. The molecular weight excluding hydrogens is 242 g/mol.